The van der Waals surface area contributed by atoms with Crippen molar-refractivity contribution < 1.29 is 19.1 Å². The largest absolute Gasteiger partial charge is 0.504 e. The molecule has 0 spiro atoms. The lowest BCUT2D eigenvalue weighted by Gasteiger charge is -2.07. The highest BCUT2D eigenvalue weighted by molar-refractivity contribution is 6.19. The number of carbonyl (C=O) groups is 1. The van der Waals surface area contributed by atoms with Crippen molar-refractivity contribution in [2.75, 3.05) is 7.11 Å². The summed E-state index contributed by atoms with van der Waals surface area (Å²) in [6, 6.07) is 21.6. The summed E-state index contributed by atoms with van der Waals surface area (Å²) in [6.45, 7) is 0. The van der Waals surface area contributed by atoms with Crippen LogP contribution < -0.4 is 4.74 Å². The van der Waals surface area contributed by atoms with Crippen molar-refractivity contribution in [3.05, 3.63) is 83.9 Å². The zero-order valence-electron chi connectivity index (χ0n) is 14.1. The van der Waals surface area contributed by atoms with Crippen LogP contribution in [-0.4, -0.2) is 18.0 Å². The van der Waals surface area contributed by atoms with E-state index in [9.17, 15) is 9.90 Å². The maximum atomic E-state index is 13.3. The van der Waals surface area contributed by atoms with E-state index in [4.69, 9.17) is 9.15 Å². The van der Waals surface area contributed by atoms with Gasteiger partial charge in [0.15, 0.2) is 17.3 Å². The van der Waals surface area contributed by atoms with Gasteiger partial charge in [-0.1, -0.05) is 48.5 Å². The van der Waals surface area contributed by atoms with E-state index in [0.717, 1.165) is 10.9 Å². The first-order valence-electron chi connectivity index (χ1n) is 8.17. The summed E-state index contributed by atoms with van der Waals surface area (Å²) >= 11 is 0. The van der Waals surface area contributed by atoms with Gasteiger partial charge in [-0.3, -0.25) is 4.79 Å². The second-order valence-electron chi connectivity index (χ2n) is 5.88. The number of furan rings is 1. The highest BCUT2D eigenvalue weighted by Crippen LogP contribution is 2.36. The van der Waals surface area contributed by atoms with Gasteiger partial charge in [0, 0.05) is 16.5 Å². The molecule has 0 bridgehead atoms. The average molecular weight is 344 g/mol. The molecular weight excluding hydrogens is 328 g/mol. The molecule has 4 nitrogen and oxygen atoms in total. The third-order valence-electron chi connectivity index (χ3n) is 4.30. The van der Waals surface area contributed by atoms with E-state index in [1.54, 1.807) is 6.07 Å². The van der Waals surface area contributed by atoms with E-state index in [-0.39, 0.29) is 17.3 Å². The van der Waals surface area contributed by atoms with Crippen LogP contribution in [0, 0.1) is 0 Å². The molecule has 1 N–H and O–H groups in total. The van der Waals surface area contributed by atoms with E-state index in [1.165, 1.54) is 19.2 Å². The highest BCUT2D eigenvalue weighted by atomic mass is 16.5. The SMILES string of the molecule is COc1cc(C(=O)c2c(-c3ccccc3)oc3ccccc23)ccc1O. The molecule has 1 aromatic heterocycles. The second kappa shape index (κ2) is 6.41. The van der Waals surface area contributed by atoms with Crippen LogP contribution in [-0.2, 0) is 0 Å². The fraction of sp³-hybridized carbons (Fsp3) is 0.0455. The zero-order chi connectivity index (χ0) is 18.1. The van der Waals surface area contributed by atoms with E-state index in [1.807, 2.05) is 54.6 Å². The summed E-state index contributed by atoms with van der Waals surface area (Å²) in [4.78, 5) is 13.3. The third-order valence-corrected chi connectivity index (χ3v) is 4.30. The Labute approximate surface area is 150 Å². The molecule has 4 aromatic rings. The molecule has 0 atom stereocenters. The number of ether oxygens (including phenoxy) is 1. The summed E-state index contributed by atoms with van der Waals surface area (Å²) in [5, 5.41) is 10.5. The van der Waals surface area contributed by atoms with Crippen LogP contribution >= 0.6 is 0 Å². The first kappa shape index (κ1) is 16.0. The molecule has 3 aromatic carbocycles. The molecule has 0 amide bonds. The minimum absolute atomic E-state index is 0.00983. The van der Waals surface area contributed by atoms with Crippen molar-refractivity contribution in [3.63, 3.8) is 0 Å². The normalized spacial score (nSPS) is 10.8. The van der Waals surface area contributed by atoms with Crippen molar-refractivity contribution in [3.8, 4) is 22.8 Å². The topological polar surface area (TPSA) is 59.7 Å². The number of carbonyl (C=O) groups excluding carboxylic acids is 1. The molecule has 128 valence electrons. The monoisotopic (exact) mass is 344 g/mol. The Kier molecular flexibility index (Phi) is 3.93. The van der Waals surface area contributed by atoms with E-state index in [2.05, 4.69) is 0 Å². The molecule has 0 fully saturated rings. The number of aromatic hydroxyl groups is 1. The highest BCUT2D eigenvalue weighted by Gasteiger charge is 2.23. The van der Waals surface area contributed by atoms with Gasteiger partial charge in [0.25, 0.3) is 0 Å². The molecular formula is C22H16O4. The minimum atomic E-state index is -0.188. The van der Waals surface area contributed by atoms with Crippen LogP contribution in [0.5, 0.6) is 11.5 Å². The number of methoxy groups -OCH3 is 1. The van der Waals surface area contributed by atoms with Gasteiger partial charge in [-0.25, -0.2) is 0 Å². The van der Waals surface area contributed by atoms with E-state index < -0.39 is 0 Å². The van der Waals surface area contributed by atoms with Crippen LogP contribution in [0.3, 0.4) is 0 Å². The Bertz CT molecular complexity index is 1090. The summed E-state index contributed by atoms with van der Waals surface area (Å²) in [6.07, 6.45) is 0. The number of rotatable bonds is 4. The van der Waals surface area contributed by atoms with Gasteiger partial charge in [-0.05, 0) is 24.3 Å². The quantitative estimate of drug-likeness (QED) is 0.527. The van der Waals surface area contributed by atoms with Gasteiger partial charge < -0.3 is 14.3 Å². The Balaban J connectivity index is 1.94. The van der Waals surface area contributed by atoms with Gasteiger partial charge in [0.05, 0.1) is 12.7 Å². The second-order valence-corrected chi connectivity index (χ2v) is 5.88. The number of phenols is 1. The Morgan fingerprint density at radius 2 is 1.69 bits per heavy atom. The Morgan fingerprint density at radius 1 is 0.962 bits per heavy atom. The predicted octanol–water partition coefficient (Wildman–Crippen LogP) is 5.05. The number of phenolic OH excluding ortho intramolecular Hbond substituents is 1. The number of fused-ring (bicyclic) bond motifs is 1. The first-order valence-corrected chi connectivity index (χ1v) is 8.17. The van der Waals surface area contributed by atoms with Gasteiger partial charge in [0.1, 0.15) is 11.3 Å². The molecule has 0 unspecified atom stereocenters. The van der Waals surface area contributed by atoms with Crippen LogP contribution in [0.2, 0.25) is 0 Å². The molecule has 4 rings (SSSR count). The molecule has 0 aliphatic rings. The smallest absolute Gasteiger partial charge is 0.197 e. The summed E-state index contributed by atoms with van der Waals surface area (Å²) in [7, 11) is 1.45. The summed E-state index contributed by atoms with van der Waals surface area (Å²) in [5.41, 5.74) is 2.40. The predicted molar refractivity (Wildman–Crippen MR) is 99.7 cm³/mol. The van der Waals surface area contributed by atoms with Gasteiger partial charge in [-0.2, -0.15) is 0 Å². The first-order chi connectivity index (χ1) is 12.7. The van der Waals surface area contributed by atoms with Gasteiger partial charge in [-0.15, -0.1) is 0 Å². The molecule has 1 heterocycles. The zero-order valence-corrected chi connectivity index (χ0v) is 14.1. The summed E-state index contributed by atoms with van der Waals surface area (Å²) in [5.74, 6) is 0.588. The third kappa shape index (κ3) is 2.62. The number of hydrogen-bond donors (Lipinski definition) is 1. The average Bonchev–Trinajstić information content (AvgIpc) is 3.08. The lowest BCUT2D eigenvalue weighted by atomic mass is 9.97. The maximum absolute atomic E-state index is 13.3. The molecule has 0 aliphatic heterocycles. The standard InChI is InChI=1S/C22H16O4/c1-25-19-13-15(11-12-17(19)23)21(24)20-16-9-5-6-10-18(16)26-22(20)14-7-3-2-4-8-14/h2-13,23H,1H3. The molecule has 0 saturated carbocycles. The van der Waals surface area contributed by atoms with Crippen molar-refractivity contribution >= 4 is 16.8 Å². The van der Waals surface area contributed by atoms with Crippen molar-refractivity contribution in [2.24, 2.45) is 0 Å². The fourth-order valence-corrected chi connectivity index (χ4v) is 3.03. The number of benzene rings is 3. The number of para-hydroxylation sites is 1. The van der Waals surface area contributed by atoms with Crippen molar-refractivity contribution in [1.29, 1.82) is 0 Å². The Morgan fingerprint density at radius 3 is 2.46 bits per heavy atom. The molecule has 0 saturated heterocycles. The molecule has 0 radical (unpaired) electrons. The van der Waals surface area contributed by atoms with Gasteiger partial charge >= 0.3 is 0 Å². The lowest BCUT2D eigenvalue weighted by Crippen LogP contribution is -2.02. The van der Waals surface area contributed by atoms with E-state index in [0.29, 0.717) is 22.5 Å². The summed E-state index contributed by atoms with van der Waals surface area (Å²) < 4.78 is 11.1. The maximum Gasteiger partial charge on any atom is 0.197 e. The number of hydrogen-bond acceptors (Lipinski definition) is 4. The van der Waals surface area contributed by atoms with E-state index >= 15 is 0 Å². The molecule has 4 heteroatoms. The van der Waals surface area contributed by atoms with Crippen LogP contribution in [0.1, 0.15) is 15.9 Å². The number of ketones is 1. The minimum Gasteiger partial charge on any atom is -0.504 e. The van der Waals surface area contributed by atoms with Crippen LogP contribution in [0.15, 0.2) is 77.2 Å². The van der Waals surface area contributed by atoms with Gasteiger partial charge in [0.2, 0.25) is 0 Å². The molecule has 26 heavy (non-hydrogen) atoms. The van der Waals surface area contributed by atoms with Crippen molar-refractivity contribution in [1.82, 2.24) is 0 Å². The van der Waals surface area contributed by atoms with Crippen molar-refractivity contribution in [2.45, 2.75) is 0 Å². The fourth-order valence-electron chi connectivity index (χ4n) is 3.03. The lowest BCUT2D eigenvalue weighted by molar-refractivity contribution is 0.104. The molecule has 0 aliphatic carbocycles. The Hall–Kier alpha value is -3.53. The van der Waals surface area contributed by atoms with Crippen LogP contribution in [0.4, 0.5) is 0 Å². The van der Waals surface area contributed by atoms with Crippen LogP contribution in [0.25, 0.3) is 22.3 Å².